The molecule has 1 fully saturated rings. The third-order valence-electron chi connectivity index (χ3n) is 6.21. The van der Waals surface area contributed by atoms with Gasteiger partial charge in [-0.1, -0.05) is 30.4 Å². The van der Waals surface area contributed by atoms with Crippen molar-refractivity contribution in [3.05, 3.63) is 72.2 Å². The van der Waals surface area contributed by atoms with Gasteiger partial charge < -0.3 is 20.4 Å². The number of benzene rings is 1. The van der Waals surface area contributed by atoms with Gasteiger partial charge in [0.2, 0.25) is 5.95 Å². The van der Waals surface area contributed by atoms with Crippen LogP contribution >= 0.6 is 0 Å². The molecule has 3 heterocycles. The van der Waals surface area contributed by atoms with Gasteiger partial charge in [0.05, 0.1) is 24.3 Å². The molecule has 3 N–H and O–H groups in total. The van der Waals surface area contributed by atoms with Crippen LogP contribution in [0.3, 0.4) is 0 Å². The maximum absolute atomic E-state index is 11.9. The average Bonchev–Trinajstić information content (AvgIpc) is 3.22. The molecule has 164 valence electrons. The summed E-state index contributed by atoms with van der Waals surface area (Å²) in [5, 5.41) is 4.11. The van der Waals surface area contributed by atoms with Gasteiger partial charge in [-0.15, -0.1) is 0 Å². The Morgan fingerprint density at radius 3 is 2.78 bits per heavy atom. The second kappa shape index (κ2) is 8.22. The Morgan fingerprint density at radius 2 is 2.03 bits per heavy atom. The predicted molar refractivity (Wildman–Crippen MR) is 124 cm³/mol. The van der Waals surface area contributed by atoms with E-state index in [-0.39, 0.29) is 5.54 Å². The lowest BCUT2D eigenvalue weighted by Gasteiger charge is -2.42. The maximum atomic E-state index is 11.9. The van der Waals surface area contributed by atoms with E-state index in [4.69, 9.17) is 10.5 Å². The number of fused-ring (bicyclic) bond motifs is 1. The number of ether oxygens (including phenoxy) is 1. The predicted octanol–water partition coefficient (Wildman–Crippen LogP) is 2.87. The summed E-state index contributed by atoms with van der Waals surface area (Å²) < 4.78 is 7.35. The van der Waals surface area contributed by atoms with E-state index < -0.39 is 5.91 Å². The third-order valence-corrected chi connectivity index (χ3v) is 6.21. The number of rotatable bonds is 5. The molecule has 0 saturated carbocycles. The molecule has 1 amide bonds. The number of hydrogen-bond donors (Lipinski definition) is 2. The van der Waals surface area contributed by atoms with Gasteiger partial charge in [0.1, 0.15) is 5.82 Å². The summed E-state index contributed by atoms with van der Waals surface area (Å²) in [7, 11) is 0. The van der Waals surface area contributed by atoms with Crippen LogP contribution in [-0.4, -0.2) is 57.2 Å². The average molecular weight is 431 g/mol. The molecule has 8 nitrogen and oxygen atoms in total. The Hall–Kier alpha value is -3.49. The van der Waals surface area contributed by atoms with E-state index in [1.54, 1.807) is 12.4 Å². The molecular weight excluding hydrogens is 404 g/mol. The summed E-state index contributed by atoms with van der Waals surface area (Å²) in [5.41, 5.74) is 7.86. The van der Waals surface area contributed by atoms with Crippen molar-refractivity contribution >= 4 is 22.8 Å². The quantitative estimate of drug-likeness (QED) is 0.646. The van der Waals surface area contributed by atoms with Gasteiger partial charge in [-0.3, -0.25) is 9.69 Å². The zero-order valence-corrected chi connectivity index (χ0v) is 18.0. The molecule has 1 aliphatic heterocycles. The Kier molecular flexibility index (Phi) is 5.24. The van der Waals surface area contributed by atoms with E-state index in [0.29, 0.717) is 17.3 Å². The third kappa shape index (κ3) is 3.79. The molecule has 2 aliphatic rings. The second-order valence-corrected chi connectivity index (χ2v) is 8.31. The van der Waals surface area contributed by atoms with Crippen LogP contribution in [0.4, 0.5) is 5.95 Å². The van der Waals surface area contributed by atoms with Gasteiger partial charge >= 0.3 is 0 Å². The second-order valence-electron chi connectivity index (χ2n) is 8.31. The van der Waals surface area contributed by atoms with E-state index in [0.717, 1.165) is 49.3 Å². The Bertz CT molecular complexity index is 1220. The van der Waals surface area contributed by atoms with Crippen molar-refractivity contribution in [1.82, 2.24) is 19.4 Å². The number of nitrogens with two attached hydrogens (primary N) is 1. The maximum Gasteiger partial charge on any atom is 0.250 e. The van der Waals surface area contributed by atoms with E-state index >= 15 is 0 Å². The van der Waals surface area contributed by atoms with Crippen molar-refractivity contribution in [2.45, 2.75) is 18.9 Å². The lowest BCUT2D eigenvalue weighted by molar-refractivity contribution is -0.0000491. The van der Waals surface area contributed by atoms with Gasteiger partial charge in [0.25, 0.3) is 5.91 Å². The fourth-order valence-electron chi connectivity index (χ4n) is 4.36. The van der Waals surface area contributed by atoms with Gasteiger partial charge in [0, 0.05) is 42.1 Å². The number of primary amides is 1. The first-order valence-corrected chi connectivity index (χ1v) is 10.8. The number of nitrogens with zero attached hydrogens (tertiary/aromatic N) is 4. The van der Waals surface area contributed by atoms with E-state index in [2.05, 4.69) is 45.3 Å². The lowest BCUT2D eigenvalue weighted by atomic mass is 9.90. The van der Waals surface area contributed by atoms with Crippen molar-refractivity contribution in [3.8, 4) is 5.82 Å². The first kappa shape index (κ1) is 20.4. The smallest absolute Gasteiger partial charge is 0.250 e. The summed E-state index contributed by atoms with van der Waals surface area (Å²) in [6.45, 7) is 5.71. The van der Waals surface area contributed by atoms with Crippen LogP contribution in [0.5, 0.6) is 0 Å². The van der Waals surface area contributed by atoms with Crippen molar-refractivity contribution < 1.29 is 9.53 Å². The summed E-state index contributed by atoms with van der Waals surface area (Å²) in [4.78, 5) is 23.4. The summed E-state index contributed by atoms with van der Waals surface area (Å²) in [5.74, 6) is 0.685. The Balaban J connectivity index is 1.38. The van der Waals surface area contributed by atoms with Crippen LogP contribution in [0.15, 0.2) is 66.7 Å². The largest absolute Gasteiger partial charge is 0.379 e. The number of carbonyl (C=O) groups is 1. The molecule has 5 rings (SSSR count). The number of anilines is 1. The molecule has 0 bridgehead atoms. The molecule has 1 aliphatic carbocycles. The molecule has 32 heavy (non-hydrogen) atoms. The molecule has 1 unspecified atom stereocenters. The summed E-state index contributed by atoms with van der Waals surface area (Å²) in [6, 6.07) is 9.44. The Morgan fingerprint density at radius 1 is 1.22 bits per heavy atom. The monoisotopic (exact) mass is 430 g/mol. The summed E-state index contributed by atoms with van der Waals surface area (Å²) >= 11 is 0. The molecule has 0 spiro atoms. The highest BCUT2D eigenvalue weighted by molar-refractivity contribution is 6.06. The Labute approximate surface area is 186 Å². The van der Waals surface area contributed by atoms with Crippen LogP contribution in [0, 0.1) is 0 Å². The number of carbonyl (C=O) groups excluding carboxylic acids is 1. The van der Waals surface area contributed by atoms with Crippen molar-refractivity contribution in [3.63, 3.8) is 0 Å². The molecular formula is C24H26N6O2. The van der Waals surface area contributed by atoms with E-state index in [1.807, 2.05) is 34.9 Å². The number of para-hydroxylation sites is 1. The first-order chi connectivity index (χ1) is 15.5. The van der Waals surface area contributed by atoms with Crippen LogP contribution < -0.4 is 11.1 Å². The minimum atomic E-state index is -0.465. The number of amides is 1. The molecule has 8 heteroatoms. The molecule has 1 saturated heterocycles. The van der Waals surface area contributed by atoms with E-state index in [1.165, 1.54) is 0 Å². The number of aromatic nitrogens is 3. The van der Waals surface area contributed by atoms with Crippen molar-refractivity contribution in [1.29, 1.82) is 0 Å². The zero-order chi connectivity index (χ0) is 22.1. The van der Waals surface area contributed by atoms with Crippen LogP contribution in [0.1, 0.15) is 23.7 Å². The molecule has 1 atom stereocenters. The fraction of sp³-hybridized carbons (Fsp3) is 0.292. The zero-order valence-electron chi connectivity index (χ0n) is 18.0. The number of nitrogens with one attached hydrogen (secondary N) is 1. The van der Waals surface area contributed by atoms with Gasteiger partial charge in [-0.05, 0) is 31.6 Å². The molecule has 0 radical (unpaired) electrons. The van der Waals surface area contributed by atoms with Crippen LogP contribution in [-0.2, 0) is 4.74 Å². The van der Waals surface area contributed by atoms with Crippen LogP contribution in [0.25, 0.3) is 16.7 Å². The first-order valence-electron chi connectivity index (χ1n) is 10.8. The van der Waals surface area contributed by atoms with Gasteiger partial charge in [-0.25, -0.2) is 4.98 Å². The standard InChI is InChI=1S/C24H26N6O2/c1-24(29-12-14-32-15-13-29)9-6-17(7-10-24)27-23-26-11-8-21(28-23)30-16-19(22(25)31)18-4-2-3-5-20(18)30/h2-9,11,16H,10,12-15H2,1H3,(H2,25,31)(H,26,27,28). The van der Waals surface area contributed by atoms with Gasteiger partial charge in [0.15, 0.2) is 0 Å². The highest BCUT2D eigenvalue weighted by Gasteiger charge is 2.31. The fourth-order valence-corrected chi connectivity index (χ4v) is 4.36. The highest BCUT2D eigenvalue weighted by Crippen LogP contribution is 2.29. The minimum Gasteiger partial charge on any atom is -0.379 e. The van der Waals surface area contributed by atoms with Crippen LogP contribution in [0.2, 0.25) is 0 Å². The SMILES string of the molecule is CC1(N2CCOCC2)C=CC(Nc2nccc(-n3cc(C(N)=O)c4ccccc43)n2)=CC1. The lowest BCUT2D eigenvalue weighted by Crippen LogP contribution is -2.50. The number of morpholine rings is 1. The molecule has 3 aromatic rings. The normalized spacial score (nSPS) is 21.5. The van der Waals surface area contributed by atoms with Crippen molar-refractivity contribution in [2.24, 2.45) is 5.73 Å². The topological polar surface area (TPSA) is 98.3 Å². The van der Waals surface area contributed by atoms with Crippen molar-refractivity contribution in [2.75, 3.05) is 31.6 Å². The summed E-state index contributed by atoms with van der Waals surface area (Å²) in [6.07, 6.45) is 10.8. The number of allylic oxidation sites excluding steroid dienone is 1. The molecule has 2 aromatic heterocycles. The highest BCUT2D eigenvalue weighted by atomic mass is 16.5. The van der Waals surface area contributed by atoms with E-state index in [9.17, 15) is 4.79 Å². The number of hydrogen-bond acceptors (Lipinski definition) is 6. The van der Waals surface area contributed by atoms with Gasteiger partial charge in [-0.2, -0.15) is 4.98 Å². The molecule has 1 aromatic carbocycles. The minimum absolute atomic E-state index is 0.00706.